The molecule has 0 unspecified atom stereocenters. The molecule has 2 rings (SSSR count). The molecule has 1 N–H and O–H groups in total. The largest absolute Gasteiger partial charge is 0.478 e. The number of hydrogen-bond acceptors (Lipinski definition) is 3. The molecule has 0 amide bonds. The third kappa shape index (κ3) is 2.81. The van der Waals surface area contributed by atoms with Crippen molar-refractivity contribution in [3.8, 4) is 0 Å². The number of aromatic nitrogens is 1. The topological polar surface area (TPSA) is 53.4 Å². The fraction of sp³-hybridized carbons (Fsp3) is 0.571. The Bertz CT molecular complexity index is 453. The minimum absolute atomic E-state index is 0.291. The molecule has 18 heavy (non-hydrogen) atoms. The van der Waals surface area contributed by atoms with Crippen LogP contribution in [-0.4, -0.2) is 28.6 Å². The lowest BCUT2D eigenvalue weighted by molar-refractivity contribution is 0.0695. The Morgan fingerprint density at radius 1 is 1.50 bits per heavy atom. The van der Waals surface area contributed by atoms with E-state index >= 15 is 0 Å². The van der Waals surface area contributed by atoms with E-state index in [1.807, 2.05) is 6.07 Å². The normalized spacial score (nSPS) is 14.9. The highest BCUT2D eigenvalue weighted by molar-refractivity contribution is 5.89. The molecule has 0 radical (unpaired) electrons. The molecule has 1 saturated carbocycles. The zero-order valence-electron chi connectivity index (χ0n) is 11.2. The van der Waals surface area contributed by atoms with Crippen molar-refractivity contribution in [2.75, 3.05) is 11.4 Å². The van der Waals surface area contributed by atoms with Gasteiger partial charge in [-0.15, -0.1) is 0 Å². The van der Waals surface area contributed by atoms with Crippen LogP contribution in [0.4, 0.5) is 5.82 Å². The Labute approximate surface area is 108 Å². The average molecular weight is 248 g/mol. The molecule has 1 aliphatic carbocycles. The third-order valence-corrected chi connectivity index (χ3v) is 3.15. The molecule has 98 valence electrons. The zero-order valence-corrected chi connectivity index (χ0v) is 11.2. The van der Waals surface area contributed by atoms with Crippen molar-refractivity contribution >= 4 is 11.8 Å². The molecular formula is C14H20N2O2. The third-order valence-electron chi connectivity index (χ3n) is 3.15. The van der Waals surface area contributed by atoms with Gasteiger partial charge in [0, 0.05) is 12.6 Å². The van der Waals surface area contributed by atoms with E-state index in [9.17, 15) is 4.79 Å². The lowest BCUT2D eigenvalue weighted by atomic mass is 10.1. The number of carbonyl (C=O) groups is 1. The molecule has 0 atom stereocenters. The number of aryl methyl sites for hydroxylation is 1. The Hall–Kier alpha value is -1.58. The van der Waals surface area contributed by atoms with E-state index in [1.165, 1.54) is 12.8 Å². The van der Waals surface area contributed by atoms with Crippen LogP contribution in [0.5, 0.6) is 0 Å². The molecule has 0 saturated heterocycles. The van der Waals surface area contributed by atoms with E-state index in [1.54, 1.807) is 13.0 Å². The second-order valence-electron chi connectivity index (χ2n) is 5.38. The average Bonchev–Trinajstić information content (AvgIpc) is 3.08. The van der Waals surface area contributed by atoms with Gasteiger partial charge in [0.05, 0.1) is 11.3 Å². The van der Waals surface area contributed by atoms with Crippen molar-refractivity contribution in [1.82, 2.24) is 4.98 Å². The van der Waals surface area contributed by atoms with Crippen molar-refractivity contribution in [2.45, 2.75) is 39.7 Å². The van der Waals surface area contributed by atoms with Crippen LogP contribution in [0.25, 0.3) is 0 Å². The van der Waals surface area contributed by atoms with Gasteiger partial charge in [-0.1, -0.05) is 13.8 Å². The van der Waals surface area contributed by atoms with Crippen LogP contribution in [0.1, 0.15) is 42.7 Å². The number of nitrogens with zero attached hydrogens (tertiary/aromatic N) is 2. The number of anilines is 1. The zero-order chi connectivity index (χ0) is 13.3. The molecule has 4 nitrogen and oxygen atoms in total. The fourth-order valence-corrected chi connectivity index (χ4v) is 2.14. The number of aromatic carboxylic acids is 1. The van der Waals surface area contributed by atoms with E-state index in [2.05, 4.69) is 23.7 Å². The highest BCUT2D eigenvalue weighted by Crippen LogP contribution is 2.31. The van der Waals surface area contributed by atoms with E-state index in [0.717, 1.165) is 12.4 Å². The van der Waals surface area contributed by atoms with Crippen molar-refractivity contribution in [2.24, 2.45) is 5.92 Å². The van der Waals surface area contributed by atoms with Gasteiger partial charge in [0.1, 0.15) is 5.82 Å². The predicted octanol–water partition coefficient (Wildman–Crippen LogP) is 2.71. The summed E-state index contributed by atoms with van der Waals surface area (Å²) < 4.78 is 0. The van der Waals surface area contributed by atoms with Crippen LogP contribution in [0.3, 0.4) is 0 Å². The number of carboxylic acid groups (broad SMARTS) is 1. The van der Waals surface area contributed by atoms with Gasteiger partial charge < -0.3 is 10.0 Å². The number of carboxylic acids is 1. The second-order valence-corrected chi connectivity index (χ2v) is 5.38. The highest BCUT2D eigenvalue weighted by Gasteiger charge is 2.30. The lowest BCUT2D eigenvalue weighted by Crippen LogP contribution is -2.30. The summed E-state index contributed by atoms with van der Waals surface area (Å²) in [5.74, 6) is 0.578. The predicted molar refractivity (Wildman–Crippen MR) is 71.1 cm³/mol. The van der Waals surface area contributed by atoms with Crippen LogP contribution in [0.2, 0.25) is 0 Å². The number of pyridine rings is 1. The molecule has 0 aromatic carbocycles. The van der Waals surface area contributed by atoms with Gasteiger partial charge in [0.15, 0.2) is 0 Å². The molecule has 0 bridgehead atoms. The van der Waals surface area contributed by atoms with Crippen LogP contribution >= 0.6 is 0 Å². The van der Waals surface area contributed by atoms with Gasteiger partial charge in [-0.2, -0.15) is 0 Å². The van der Waals surface area contributed by atoms with E-state index in [4.69, 9.17) is 5.11 Å². The molecule has 4 heteroatoms. The second kappa shape index (κ2) is 4.96. The van der Waals surface area contributed by atoms with Crippen LogP contribution in [-0.2, 0) is 0 Å². The summed E-state index contributed by atoms with van der Waals surface area (Å²) in [7, 11) is 0. The molecule has 0 aliphatic heterocycles. The van der Waals surface area contributed by atoms with Crippen LogP contribution < -0.4 is 4.90 Å². The van der Waals surface area contributed by atoms with E-state index in [0.29, 0.717) is 23.2 Å². The fourth-order valence-electron chi connectivity index (χ4n) is 2.14. The van der Waals surface area contributed by atoms with Crippen molar-refractivity contribution in [3.63, 3.8) is 0 Å². The van der Waals surface area contributed by atoms with Gasteiger partial charge in [-0.25, -0.2) is 9.78 Å². The smallest absolute Gasteiger partial charge is 0.337 e. The Morgan fingerprint density at radius 3 is 2.61 bits per heavy atom. The Balaban J connectivity index is 2.25. The standard InChI is InChI=1S/C14H20N2O2/c1-9(2)8-16(11-4-5-11)13-7-6-12(14(17)18)10(3)15-13/h6-7,9,11H,4-5,8H2,1-3H3,(H,17,18). The van der Waals surface area contributed by atoms with Crippen molar-refractivity contribution in [3.05, 3.63) is 23.4 Å². The van der Waals surface area contributed by atoms with Gasteiger partial charge >= 0.3 is 5.97 Å². The first-order chi connectivity index (χ1) is 8.49. The molecule has 0 spiro atoms. The van der Waals surface area contributed by atoms with Crippen LogP contribution in [0.15, 0.2) is 12.1 Å². The molecule has 1 aliphatic rings. The van der Waals surface area contributed by atoms with Crippen LogP contribution in [0, 0.1) is 12.8 Å². The maximum Gasteiger partial charge on any atom is 0.337 e. The Morgan fingerprint density at radius 2 is 2.17 bits per heavy atom. The summed E-state index contributed by atoms with van der Waals surface area (Å²) in [5.41, 5.74) is 0.883. The molecule has 1 heterocycles. The molecular weight excluding hydrogens is 228 g/mol. The van der Waals surface area contributed by atoms with Crippen molar-refractivity contribution in [1.29, 1.82) is 0 Å². The van der Waals surface area contributed by atoms with Gasteiger partial charge in [-0.3, -0.25) is 0 Å². The first kappa shape index (κ1) is 12.9. The quantitative estimate of drug-likeness (QED) is 0.870. The van der Waals surface area contributed by atoms with Crippen molar-refractivity contribution < 1.29 is 9.90 Å². The number of hydrogen-bond donors (Lipinski definition) is 1. The lowest BCUT2D eigenvalue weighted by Gasteiger charge is -2.26. The summed E-state index contributed by atoms with van der Waals surface area (Å²) in [6, 6.07) is 4.09. The minimum atomic E-state index is -0.909. The summed E-state index contributed by atoms with van der Waals surface area (Å²) in [6.45, 7) is 7.11. The molecule has 1 aromatic rings. The monoisotopic (exact) mass is 248 g/mol. The number of rotatable bonds is 5. The summed E-state index contributed by atoms with van der Waals surface area (Å²) in [5, 5.41) is 9.01. The summed E-state index contributed by atoms with van der Waals surface area (Å²) in [4.78, 5) is 17.7. The minimum Gasteiger partial charge on any atom is -0.478 e. The maximum absolute atomic E-state index is 11.0. The van der Waals surface area contributed by atoms with E-state index in [-0.39, 0.29) is 0 Å². The Kier molecular flexibility index (Phi) is 3.55. The molecule has 1 aromatic heterocycles. The van der Waals surface area contributed by atoms with Gasteiger partial charge in [-0.05, 0) is 37.8 Å². The molecule has 1 fully saturated rings. The SMILES string of the molecule is Cc1nc(N(CC(C)C)C2CC2)ccc1C(=O)O. The maximum atomic E-state index is 11.0. The van der Waals surface area contributed by atoms with Gasteiger partial charge in [0.25, 0.3) is 0 Å². The highest BCUT2D eigenvalue weighted by atomic mass is 16.4. The summed E-state index contributed by atoms with van der Waals surface area (Å²) in [6.07, 6.45) is 2.43. The van der Waals surface area contributed by atoms with E-state index < -0.39 is 5.97 Å². The summed E-state index contributed by atoms with van der Waals surface area (Å²) >= 11 is 0. The first-order valence-electron chi connectivity index (χ1n) is 6.46. The van der Waals surface area contributed by atoms with Gasteiger partial charge in [0.2, 0.25) is 0 Å². The first-order valence-corrected chi connectivity index (χ1v) is 6.46.